The number of benzene rings is 1. The van der Waals surface area contributed by atoms with Crippen LogP contribution in [-0.4, -0.2) is 40.1 Å². The van der Waals surface area contributed by atoms with Gasteiger partial charge in [-0.2, -0.15) is 26.3 Å². The Morgan fingerprint density at radius 2 is 1.76 bits per heavy atom. The number of likely N-dealkylation sites (N-methyl/N-ethyl adjacent to an activating group) is 1. The predicted molar refractivity (Wildman–Crippen MR) is 126 cm³/mol. The average molecular weight is 526 g/mol. The van der Waals surface area contributed by atoms with E-state index in [4.69, 9.17) is 0 Å². The maximum absolute atomic E-state index is 13.8. The van der Waals surface area contributed by atoms with Gasteiger partial charge in [0.1, 0.15) is 11.7 Å². The highest BCUT2D eigenvalue weighted by atomic mass is 19.4. The van der Waals surface area contributed by atoms with E-state index in [1.165, 1.54) is 18.1 Å². The summed E-state index contributed by atoms with van der Waals surface area (Å²) in [5, 5.41) is 2.31. The number of halogens is 6. The summed E-state index contributed by atoms with van der Waals surface area (Å²) in [6, 6.07) is 8.20. The van der Waals surface area contributed by atoms with Crippen LogP contribution in [0.5, 0.6) is 0 Å². The normalized spacial score (nSPS) is 23.5. The van der Waals surface area contributed by atoms with Gasteiger partial charge in [0.05, 0.1) is 5.56 Å². The zero-order valence-electron chi connectivity index (χ0n) is 20.3. The molecule has 0 fully saturated rings. The molecule has 0 radical (unpaired) electrons. The third-order valence-electron chi connectivity index (χ3n) is 6.80. The molecule has 4 rings (SSSR count). The largest absolute Gasteiger partial charge is 0.417 e. The van der Waals surface area contributed by atoms with Crippen LogP contribution in [0.25, 0.3) is 0 Å². The Morgan fingerprint density at radius 1 is 1.05 bits per heavy atom. The molecule has 0 spiro atoms. The SMILES string of the molecule is CC1CC(Cc2ccc(C(F)(F)F)cn2)=CCCC1[N+](=O)C1=CC(C(F)(F)F)N(C)N1c1ccccc1. The maximum Gasteiger partial charge on any atom is 0.417 e. The fraction of sp³-hybridized carbons (Fsp3) is 0.423. The summed E-state index contributed by atoms with van der Waals surface area (Å²) >= 11 is 0. The van der Waals surface area contributed by atoms with Crippen molar-refractivity contribution in [2.24, 2.45) is 5.92 Å². The van der Waals surface area contributed by atoms with Crippen LogP contribution < -0.4 is 5.01 Å². The standard InChI is InChI=1S/C26H27F6N4O/c1-17-13-18(14-20-12-11-19(16-33-20)25(27,28)29)7-6-10-22(17)36(37)24-15-23(26(30,31)32)34(2)35(24)21-8-4-3-5-9-21/h3-5,7-9,11-12,15-17,22-23H,6,10,13-14H2,1-2H3/q+1. The fourth-order valence-corrected chi connectivity index (χ4v) is 4.93. The van der Waals surface area contributed by atoms with E-state index in [0.29, 0.717) is 41.8 Å². The number of pyridine rings is 1. The second kappa shape index (κ2) is 10.3. The summed E-state index contributed by atoms with van der Waals surface area (Å²) in [7, 11) is 1.30. The monoisotopic (exact) mass is 525 g/mol. The van der Waals surface area contributed by atoms with E-state index in [1.54, 1.807) is 30.3 Å². The lowest BCUT2D eigenvalue weighted by Crippen LogP contribution is -2.47. The molecule has 2 aliphatic rings. The molecule has 2 aromatic rings. The number of nitroso groups, excluding NO2 is 1. The molecule has 3 unspecified atom stereocenters. The van der Waals surface area contributed by atoms with Crippen molar-refractivity contribution in [3.05, 3.63) is 88.4 Å². The quantitative estimate of drug-likeness (QED) is 0.248. The van der Waals surface area contributed by atoms with Gasteiger partial charge in [-0.15, -0.1) is 10.0 Å². The van der Waals surface area contributed by atoms with Gasteiger partial charge in [-0.3, -0.25) is 4.98 Å². The van der Waals surface area contributed by atoms with Gasteiger partial charge >= 0.3 is 18.2 Å². The number of alkyl halides is 6. The summed E-state index contributed by atoms with van der Waals surface area (Å²) in [6.45, 7) is 1.86. The molecular weight excluding hydrogens is 498 g/mol. The Morgan fingerprint density at radius 3 is 2.35 bits per heavy atom. The predicted octanol–water partition coefficient (Wildman–Crippen LogP) is 6.68. The number of allylic oxidation sites excluding steroid dienone is 2. The maximum atomic E-state index is 13.8. The molecule has 198 valence electrons. The molecule has 0 saturated heterocycles. The van der Waals surface area contributed by atoms with Crippen molar-refractivity contribution in [3.8, 4) is 0 Å². The summed E-state index contributed by atoms with van der Waals surface area (Å²) in [6.07, 6.45) is -3.57. The number of anilines is 1. The van der Waals surface area contributed by atoms with Crippen LogP contribution in [0.2, 0.25) is 0 Å². The smallest absolute Gasteiger partial charge is 0.260 e. The molecule has 0 amide bonds. The molecule has 1 aromatic heterocycles. The molecule has 0 bridgehead atoms. The van der Waals surface area contributed by atoms with Gasteiger partial charge in [0.25, 0.3) is 0 Å². The van der Waals surface area contributed by atoms with Crippen LogP contribution in [0.3, 0.4) is 0 Å². The van der Waals surface area contributed by atoms with Gasteiger partial charge < -0.3 is 0 Å². The molecule has 0 N–H and O–H groups in total. The molecule has 2 heterocycles. The highest BCUT2D eigenvalue weighted by molar-refractivity contribution is 5.51. The van der Waals surface area contributed by atoms with Crippen molar-refractivity contribution in [2.75, 3.05) is 12.1 Å². The first-order chi connectivity index (χ1) is 17.4. The number of aromatic nitrogens is 1. The van der Waals surface area contributed by atoms with E-state index < -0.39 is 30.0 Å². The van der Waals surface area contributed by atoms with Crippen molar-refractivity contribution in [3.63, 3.8) is 0 Å². The van der Waals surface area contributed by atoms with E-state index >= 15 is 0 Å². The van der Waals surface area contributed by atoms with Gasteiger partial charge in [0, 0.05) is 37.4 Å². The average Bonchev–Trinajstić information content (AvgIpc) is 3.08. The van der Waals surface area contributed by atoms with Gasteiger partial charge in [-0.05, 0) is 48.3 Å². The first-order valence-electron chi connectivity index (χ1n) is 11.9. The number of rotatable bonds is 5. The van der Waals surface area contributed by atoms with Gasteiger partial charge in [-0.1, -0.05) is 41.7 Å². The van der Waals surface area contributed by atoms with Crippen LogP contribution in [-0.2, 0) is 12.6 Å². The summed E-state index contributed by atoms with van der Waals surface area (Å²) < 4.78 is 80.4. The van der Waals surface area contributed by atoms with E-state index in [2.05, 4.69) is 4.98 Å². The highest BCUT2D eigenvalue weighted by Crippen LogP contribution is 2.38. The third-order valence-corrected chi connectivity index (χ3v) is 6.80. The second-order valence-electron chi connectivity index (χ2n) is 9.46. The number of para-hydroxylation sites is 1. The van der Waals surface area contributed by atoms with Crippen LogP contribution in [0.15, 0.2) is 72.2 Å². The molecule has 0 saturated carbocycles. The Bertz CT molecular complexity index is 1170. The molecular formula is C26H27F6N4O+. The first kappa shape index (κ1) is 26.8. The third kappa shape index (κ3) is 5.87. The summed E-state index contributed by atoms with van der Waals surface area (Å²) in [4.78, 5) is 17.6. The minimum absolute atomic E-state index is 0.0827. The van der Waals surface area contributed by atoms with Crippen LogP contribution in [0.1, 0.15) is 37.4 Å². The van der Waals surface area contributed by atoms with E-state index in [9.17, 15) is 31.2 Å². The lowest BCUT2D eigenvalue weighted by Gasteiger charge is -2.27. The van der Waals surface area contributed by atoms with Crippen LogP contribution >= 0.6 is 0 Å². The Balaban J connectivity index is 1.52. The van der Waals surface area contributed by atoms with E-state index in [1.807, 2.05) is 13.0 Å². The van der Waals surface area contributed by atoms with Gasteiger partial charge in [0.2, 0.25) is 0 Å². The zero-order valence-corrected chi connectivity index (χ0v) is 20.3. The molecule has 1 aliphatic heterocycles. The van der Waals surface area contributed by atoms with E-state index in [0.717, 1.165) is 28.9 Å². The Kier molecular flexibility index (Phi) is 7.45. The first-order valence-corrected chi connectivity index (χ1v) is 11.9. The molecule has 5 nitrogen and oxygen atoms in total. The lowest BCUT2D eigenvalue weighted by molar-refractivity contribution is -0.551. The minimum atomic E-state index is -4.57. The molecule has 1 aromatic carbocycles. The minimum Gasteiger partial charge on any atom is -0.260 e. The van der Waals surface area contributed by atoms with Crippen LogP contribution in [0, 0.1) is 10.8 Å². The fourth-order valence-electron chi connectivity index (χ4n) is 4.93. The van der Waals surface area contributed by atoms with Crippen molar-refractivity contribution in [1.29, 1.82) is 0 Å². The molecule has 37 heavy (non-hydrogen) atoms. The zero-order chi connectivity index (χ0) is 27.0. The van der Waals surface area contributed by atoms with Gasteiger partial charge in [-0.25, -0.2) is 0 Å². The number of hydrazine groups is 1. The number of hydrogen-bond donors (Lipinski definition) is 0. The second-order valence-corrected chi connectivity index (χ2v) is 9.46. The highest BCUT2D eigenvalue weighted by Gasteiger charge is 2.54. The lowest BCUT2D eigenvalue weighted by atomic mass is 9.92. The molecule has 1 aliphatic carbocycles. The van der Waals surface area contributed by atoms with E-state index in [-0.39, 0.29) is 11.7 Å². The topological polar surface area (TPSA) is 39.5 Å². The summed E-state index contributed by atoms with van der Waals surface area (Å²) in [5.74, 6) is -0.296. The van der Waals surface area contributed by atoms with Crippen molar-refractivity contribution in [2.45, 2.75) is 57.0 Å². The van der Waals surface area contributed by atoms with Crippen molar-refractivity contribution in [1.82, 2.24) is 9.99 Å². The number of nitrogens with zero attached hydrogens (tertiary/aromatic N) is 4. The van der Waals surface area contributed by atoms with Gasteiger partial charge in [0.15, 0.2) is 6.04 Å². The van der Waals surface area contributed by atoms with Crippen molar-refractivity contribution >= 4 is 5.69 Å². The number of hydrogen-bond acceptors (Lipinski definition) is 4. The Hall–Kier alpha value is -3.21. The Labute approximate surface area is 210 Å². The van der Waals surface area contributed by atoms with Crippen LogP contribution in [0.4, 0.5) is 32.0 Å². The molecule has 3 atom stereocenters. The van der Waals surface area contributed by atoms with Crippen molar-refractivity contribution < 1.29 is 31.1 Å². The summed E-state index contributed by atoms with van der Waals surface area (Å²) in [5.41, 5.74) is 1.03. The molecule has 11 heteroatoms.